The Labute approximate surface area is 420 Å². The number of ether oxygens (including phenoxy) is 6. The van der Waals surface area contributed by atoms with E-state index in [1.807, 2.05) is 22.5 Å². The smallest absolute Gasteiger partial charge is 0.335 e. The van der Waals surface area contributed by atoms with Crippen molar-refractivity contribution in [3.8, 4) is 0 Å². The van der Waals surface area contributed by atoms with Crippen LogP contribution in [0.1, 0.15) is 63.5 Å². The quantitative estimate of drug-likeness (QED) is 0.0345. The Kier molecular flexibility index (Phi) is 20.9. The van der Waals surface area contributed by atoms with Gasteiger partial charge in [-0.05, 0) is 75.1 Å². The van der Waals surface area contributed by atoms with Gasteiger partial charge in [0.25, 0.3) is 11.8 Å². The molecule has 0 bridgehead atoms. The molecule has 3 aliphatic heterocycles. The minimum atomic E-state index is -4.88. The first-order chi connectivity index (χ1) is 34.0. The van der Waals surface area contributed by atoms with E-state index in [2.05, 4.69) is 0 Å². The average molecular weight is 1070 g/mol. The molecule has 2 unspecified atom stereocenters. The molecule has 0 radical (unpaired) electrons. The van der Waals surface area contributed by atoms with Crippen molar-refractivity contribution in [3.05, 3.63) is 83.6 Å². The average Bonchev–Trinajstić information content (AvgIpc) is 3.84. The lowest BCUT2D eigenvalue weighted by Crippen LogP contribution is -2.32. The summed E-state index contributed by atoms with van der Waals surface area (Å²) in [6.07, 6.45) is 9.09. The number of carbonyl (C=O) groups excluding carboxylic acids is 3. The molecular formula is C47H61N3O19S3-2. The fourth-order valence-electron chi connectivity index (χ4n) is 8.71. The van der Waals surface area contributed by atoms with Gasteiger partial charge in [-0.3, -0.25) is 9.59 Å². The van der Waals surface area contributed by atoms with E-state index >= 15 is 0 Å². The van der Waals surface area contributed by atoms with Crippen LogP contribution in [0.4, 0.5) is 11.4 Å². The fourth-order valence-corrected chi connectivity index (χ4v) is 10.2. The molecule has 1 saturated heterocycles. The van der Waals surface area contributed by atoms with Gasteiger partial charge < -0.3 is 51.8 Å². The van der Waals surface area contributed by atoms with Crippen molar-refractivity contribution in [2.45, 2.75) is 73.0 Å². The van der Waals surface area contributed by atoms with Gasteiger partial charge in [0.2, 0.25) is 5.69 Å². The lowest BCUT2D eigenvalue weighted by molar-refractivity contribution is -0.442. The highest BCUT2D eigenvalue weighted by Crippen LogP contribution is 2.51. The summed E-state index contributed by atoms with van der Waals surface area (Å²) in [5, 5.41) is 0.475. The SMILES string of the molecule is COCCOCC[N+]1=C(/C=C/C=C/C=C2/N(CCOCCOCCOCCC(=O)ON3C(=O)CCC3=O)c3ccc(S(=O)(=O)[O-])cc3C2(C)CCOC)C(C)(CCCS(=O)(=O)[O-])c2cc(S(=O)(=O)[O-])ccc21. The number of fused-ring (bicyclic) bond motifs is 2. The normalized spacial score (nSPS) is 20.0. The van der Waals surface area contributed by atoms with Gasteiger partial charge in [-0.2, -0.15) is 4.58 Å². The molecule has 3 aliphatic rings. The van der Waals surface area contributed by atoms with Gasteiger partial charge in [0, 0.05) is 80.5 Å². The summed E-state index contributed by atoms with van der Waals surface area (Å²) < 4.78 is 144. The van der Waals surface area contributed by atoms with E-state index in [1.165, 1.54) is 44.6 Å². The first kappa shape index (κ1) is 58.1. The third kappa shape index (κ3) is 15.4. The summed E-state index contributed by atoms with van der Waals surface area (Å²) >= 11 is 0. The number of amides is 2. The molecule has 2 atom stereocenters. The molecule has 3 heterocycles. The Morgan fingerprint density at radius 2 is 1.28 bits per heavy atom. The van der Waals surface area contributed by atoms with Gasteiger partial charge in [-0.15, -0.1) is 5.06 Å². The number of rotatable bonds is 31. The Morgan fingerprint density at radius 1 is 0.694 bits per heavy atom. The van der Waals surface area contributed by atoms with Crippen LogP contribution in [0, 0.1) is 0 Å². The monoisotopic (exact) mass is 1070 g/mol. The number of hydroxylamine groups is 2. The zero-order chi connectivity index (χ0) is 52.7. The van der Waals surface area contributed by atoms with Crippen LogP contribution < -0.4 is 4.90 Å². The molecule has 0 saturated carbocycles. The number of hydrogen-bond acceptors (Lipinski definition) is 20. The number of carbonyl (C=O) groups is 3. The predicted molar refractivity (Wildman–Crippen MR) is 254 cm³/mol. The van der Waals surface area contributed by atoms with Crippen LogP contribution in [0.25, 0.3) is 0 Å². The first-order valence-electron chi connectivity index (χ1n) is 23.0. The number of allylic oxidation sites excluding steroid dienone is 6. The highest BCUT2D eigenvalue weighted by Gasteiger charge is 2.48. The standard InChI is InChI=1S/C47H63N3O19S3/c1-46(18-8-32-70(54,55)56)37-33-35(71(57,58)59)11-13-39(37)48(20-24-66-27-26-64-4)41(46)9-6-5-7-10-42-47(2,19-23-63-3)38-34-36(72(60,61)62)12-14-40(38)49(42)21-25-67-29-31-68-30-28-65-22-17-45(53)69-50-43(51)15-16-44(50)52/h5-7,9-14,33-34H,8,15-32H2,1-4H3,(H2-,54,55,56,57,58,59,60,61,62)/p-2. The third-order valence-electron chi connectivity index (χ3n) is 12.3. The van der Waals surface area contributed by atoms with Crippen LogP contribution in [0.3, 0.4) is 0 Å². The number of anilines is 1. The van der Waals surface area contributed by atoms with Crippen LogP contribution in [-0.4, -0.2) is 171 Å². The minimum Gasteiger partial charge on any atom is -0.748 e. The van der Waals surface area contributed by atoms with E-state index in [0.717, 1.165) is 5.70 Å². The third-order valence-corrected chi connectivity index (χ3v) is 14.8. The summed E-state index contributed by atoms with van der Waals surface area (Å²) in [7, 11) is -11.2. The van der Waals surface area contributed by atoms with Crippen LogP contribution >= 0.6 is 0 Å². The number of imide groups is 1. The second-order valence-corrected chi connectivity index (χ2v) is 21.5. The van der Waals surface area contributed by atoms with Crippen LogP contribution in [0.2, 0.25) is 0 Å². The summed E-state index contributed by atoms with van der Waals surface area (Å²) in [5.74, 6) is -2.59. The molecule has 0 aliphatic carbocycles. The number of hydrogen-bond donors (Lipinski definition) is 0. The van der Waals surface area contributed by atoms with Gasteiger partial charge in [0.05, 0.1) is 84.6 Å². The summed E-state index contributed by atoms with van der Waals surface area (Å²) in [6.45, 7) is 6.29. The molecule has 2 aromatic carbocycles. The maximum Gasteiger partial charge on any atom is 0.335 e. The largest absolute Gasteiger partial charge is 0.748 e. The van der Waals surface area contributed by atoms with E-state index in [9.17, 15) is 53.3 Å². The van der Waals surface area contributed by atoms with Crippen LogP contribution in [-0.2, 0) is 88.8 Å². The molecule has 398 valence electrons. The Morgan fingerprint density at radius 3 is 1.90 bits per heavy atom. The van der Waals surface area contributed by atoms with Crippen molar-refractivity contribution in [2.75, 3.05) is 104 Å². The highest BCUT2D eigenvalue weighted by molar-refractivity contribution is 7.86. The molecule has 0 aromatic heterocycles. The van der Waals surface area contributed by atoms with Crippen molar-refractivity contribution < 1.29 is 91.1 Å². The van der Waals surface area contributed by atoms with E-state index < -0.39 is 74.5 Å². The molecule has 5 rings (SSSR count). The van der Waals surface area contributed by atoms with E-state index in [0.29, 0.717) is 59.5 Å². The number of benzene rings is 2. The lowest BCUT2D eigenvalue weighted by Gasteiger charge is -2.30. The van der Waals surface area contributed by atoms with E-state index in [4.69, 9.17) is 33.3 Å². The molecule has 72 heavy (non-hydrogen) atoms. The zero-order valence-corrected chi connectivity index (χ0v) is 43.1. The van der Waals surface area contributed by atoms with Gasteiger partial charge in [-0.25, -0.2) is 30.0 Å². The molecule has 2 aromatic rings. The molecule has 0 N–H and O–H groups in total. The molecule has 22 nitrogen and oxygen atoms in total. The van der Waals surface area contributed by atoms with Crippen LogP contribution in [0.15, 0.2) is 82.3 Å². The van der Waals surface area contributed by atoms with Crippen molar-refractivity contribution in [2.24, 2.45) is 0 Å². The topological polar surface area (TPSA) is 297 Å². The second-order valence-electron chi connectivity index (χ2n) is 17.3. The zero-order valence-electron chi connectivity index (χ0n) is 40.6. The lowest BCUT2D eigenvalue weighted by atomic mass is 9.76. The molecule has 2 amide bonds. The minimum absolute atomic E-state index is 0.00642. The first-order valence-corrected chi connectivity index (χ1v) is 27.4. The number of nitrogens with zero attached hydrogens (tertiary/aromatic N) is 3. The predicted octanol–water partition coefficient (Wildman–Crippen LogP) is 2.70. The molecule has 1 fully saturated rings. The number of methoxy groups -OCH3 is 2. The summed E-state index contributed by atoms with van der Waals surface area (Å²) in [5.41, 5.74) is 1.64. The summed E-state index contributed by atoms with van der Waals surface area (Å²) in [4.78, 5) is 41.1. The molecular weight excluding hydrogens is 1010 g/mol. The van der Waals surface area contributed by atoms with Gasteiger partial charge in [0.15, 0.2) is 12.3 Å². The Hall–Kier alpha value is -4.77. The van der Waals surface area contributed by atoms with Crippen molar-refractivity contribution in [1.29, 1.82) is 0 Å². The highest BCUT2D eigenvalue weighted by atomic mass is 32.2. The second kappa shape index (κ2) is 25.9. The van der Waals surface area contributed by atoms with Gasteiger partial charge >= 0.3 is 5.97 Å². The Bertz CT molecular complexity index is 2720. The Balaban J connectivity index is 1.34. The van der Waals surface area contributed by atoms with E-state index in [-0.39, 0.29) is 91.5 Å². The summed E-state index contributed by atoms with van der Waals surface area (Å²) in [6, 6.07) is 8.22. The van der Waals surface area contributed by atoms with Crippen LogP contribution in [0.5, 0.6) is 0 Å². The fraction of sp³-hybridized carbons (Fsp3) is 0.532. The van der Waals surface area contributed by atoms with Crippen molar-refractivity contribution in [3.63, 3.8) is 0 Å². The van der Waals surface area contributed by atoms with Crippen molar-refractivity contribution >= 4 is 65.2 Å². The maximum absolute atomic E-state index is 12.2. The van der Waals surface area contributed by atoms with Gasteiger partial charge in [-0.1, -0.05) is 18.2 Å². The molecule has 0 spiro atoms. The van der Waals surface area contributed by atoms with Crippen molar-refractivity contribution in [1.82, 2.24) is 5.06 Å². The molecule has 25 heteroatoms. The maximum atomic E-state index is 12.2. The van der Waals surface area contributed by atoms with E-state index in [1.54, 1.807) is 37.3 Å². The van der Waals surface area contributed by atoms with Gasteiger partial charge in [0.1, 0.15) is 26.8 Å².